The van der Waals surface area contributed by atoms with E-state index in [0.29, 0.717) is 37.3 Å². The van der Waals surface area contributed by atoms with Gasteiger partial charge in [-0.1, -0.05) is 32.9 Å². The lowest BCUT2D eigenvalue weighted by Crippen LogP contribution is -2.46. The molecular formula is C30H39N3O4S2. The number of nitrogens with one attached hydrogen (secondary N) is 2. The maximum Gasteiger partial charge on any atom is 0.229 e. The molecule has 2 N–H and O–H groups in total. The number of pyridine rings is 1. The Labute approximate surface area is 235 Å². The van der Waals surface area contributed by atoms with Gasteiger partial charge in [0.15, 0.2) is 5.78 Å². The van der Waals surface area contributed by atoms with E-state index < -0.39 is 10.0 Å². The number of fused-ring (bicyclic) bond motifs is 2. The molecule has 2 atom stereocenters. The van der Waals surface area contributed by atoms with E-state index in [0.717, 1.165) is 59.1 Å². The van der Waals surface area contributed by atoms with Crippen LogP contribution in [-0.2, 0) is 27.6 Å². The summed E-state index contributed by atoms with van der Waals surface area (Å²) in [5, 5.41) is 4.55. The number of aromatic nitrogens is 1. The van der Waals surface area contributed by atoms with Crippen LogP contribution in [0.5, 0.6) is 0 Å². The Morgan fingerprint density at radius 1 is 1.21 bits per heavy atom. The zero-order valence-corrected chi connectivity index (χ0v) is 24.9. The van der Waals surface area contributed by atoms with Crippen molar-refractivity contribution in [2.45, 2.75) is 64.8 Å². The third-order valence-corrected chi connectivity index (χ3v) is 9.72. The minimum absolute atomic E-state index is 0.0498. The molecule has 1 fully saturated rings. The van der Waals surface area contributed by atoms with Gasteiger partial charge in [-0.3, -0.25) is 9.52 Å². The fraction of sp³-hybridized carbons (Fsp3) is 0.533. The van der Waals surface area contributed by atoms with E-state index in [-0.39, 0.29) is 17.1 Å². The average Bonchev–Trinajstić information content (AvgIpc) is 3.24. The van der Waals surface area contributed by atoms with Gasteiger partial charge in [-0.25, -0.2) is 13.4 Å². The van der Waals surface area contributed by atoms with Crippen LogP contribution in [0.1, 0.15) is 72.4 Å². The number of aryl methyl sites for hydroxylation is 1. The van der Waals surface area contributed by atoms with Gasteiger partial charge in [0.1, 0.15) is 4.83 Å². The first-order valence-corrected chi connectivity index (χ1v) is 16.5. The number of ketones is 1. The third-order valence-electron chi connectivity index (χ3n) is 8.03. The topological polar surface area (TPSA) is 97.4 Å². The van der Waals surface area contributed by atoms with E-state index in [1.165, 1.54) is 22.6 Å². The van der Waals surface area contributed by atoms with Gasteiger partial charge >= 0.3 is 0 Å². The van der Waals surface area contributed by atoms with Gasteiger partial charge in [0.2, 0.25) is 10.0 Å². The Kier molecular flexibility index (Phi) is 8.15. The molecule has 7 nitrogen and oxygen atoms in total. The zero-order chi connectivity index (χ0) is 27.8. The summed E-state index contributed by atoms with van der Waals surface area (Å²) in [4.78, 5) is 20.3. The second-order valence-electron chi connectivity index (χ2n) is 12.2. The number of hydrogen-bond donors (Lipinski definition) is 2. The summed E-state index contributed by atoms with van der Waals surface area (Å²) < 4.78 is 31.4. The molecule has 0 amide bonds. The Balaban J connectivity index is 1.35. The maximum atomic E-state index is 13.6. The summed E-state index contributed by atoms with van der Waals surface area (Å²) in [5.74, 6) is 0.686. The van der Waals surface area contributed by atoms with Crippen LogP contribution in [0, 0.1) is 11.3 Å². The smallest absolute Gasteiger partial charge is 0.229 e. The third kappa shape index (κ3) is 7.06. The molecule has 5 rings (SSSR count). The number of carbonyl (C=O) groups excluding carboxylic acids is 1. The van der Waals surface area contributed by atoms with E-state index in [2.05, 4.69) is 36.9 Å². The number of carbonyl (C=O) groups is 1. The fourth-order valence-corrected chi connectivity index (χ4v) is 7.13. The van der Waals surface area contributed by atoms with E-state index in [9.17, 15) is 13.2 Å². The molecule has 210 valence electrons. The van der Waals surface area contributed by atoms with Gasteiger partial charge < -0.3 is 10.1 Å². The van der Waals surface area contributed by atoms with Crippen molar-refractivity contribution in [3.05, 3.63) is 58.1 Å². The maximum absolute atomic E-state index is 13.6. The highest BCUT2D eigenvalue weighted by molar-refractivity contribution is 7.92. The quantitative estimate of drug-likeness (QED) is 0.311. The van der Waals surface area contributed by atoms with Crippen LogP contribution in [0.25, 0.3) is 10.2 Å². The van der Waals surface area contributed by atoms with Crippen molar-refractivity contribution in [1.29, 1.82) is 0 Å². The van der Waals surface area contributed by atoms with E-state index in [1.54, 1.807) is 6.07 Å². The number of benzene rings is 1. The highest BCUT2D eigenvalue weighted by Gasteiger charge is 2.30. The highest BCUT2D eigenvalue weighted by atomic mass is 32.2. The van der Waals surface area contributed by atoms with Gasteiger partial charge in [0.25, 0.3) is 0 Å². The summed E-state index contributed by atoms with van der Waals surface area (Å²) >= 11 is 1.49. The molecule has 1 aromatic carbocycles. The SMILES string of the molecule is CC(C)(C)[C@H]1CCc2nc3sc(C(=O)C[C@H](CCNC4COC4)c4cccc(NS(C)(=O)=O)c4)cc3cc2C1. The highest BCUT2D eigenvalue weighted by Crippen LogP contribution is 2.39. The monoisotopic (exact) mass is 569 g/mol. The number of Topliss-reactive ketones (excluding diaryl/α,β-unsaturated/α-hetero) is 1. The van der Waals surface area contributed by atoms with Gasteiger partial charge in [-0.15, -0.1) is 11.3 Å². The summed E-state index contributed by atoms with van der Waals surface area (Å²) in [6, 6.07) is 12.0. The Hall–Kier alpha value is -2.33. The molecule has 1 aliphatic heterocycles. The number of sulfonamides is 1. The normalized spacial score (nSPS) is 18.9. The van der Waals surface area contributed by atoms with Crippen molar-refractivity contribution in [3.63, 3.8) is 0 Å². The van der Waals surface area contributed by atoms with Crippen molar-refractivity contribution in [2.24, 2.45) is 11.3 Å². The van der Waals surface area contributed by atoms with Crippen LogP contribution in [0.15, 0.2) is 36.4 Å². The largest absolute Gasteiger partial charge is 0.378 e. The zero-order valence-electron chi connectivity index (χ0n) is 23.2. The van der Waals surface area contributed by atoms with Gasteiger partial charge in [0.05, 0.1) is 30.4 Å². The summed E-state index contributed by atoms with van der Waals surface area (Å²) in [7, 11) is -3.39. The molecule has 9 heteroatoms. The fourth-order valence-electron chi connectivity index (χ4n) is 5.60. The first kappa shape index (κ1) is 28.2. The molecule has 2 aromatic heterocycles. The summed E-state index contributed by atoms with van der Waals surface area (Å²) in [5.41, 5.74) is 4.24. The molecule has 1 aliphatic carbocycles. The first-order chi connectivity index (χ1) is 18.4. The van der Waals surface area contributed by atoms with Crippen LogP contribution >= 0.6 is 11.3 Å². The van der Waals surface area contributed by atoms with Crippen molar-refractivity contribution >= 4 is 43.0 Å². The molecule has 0 spiro atoms. The molecule has 3 aromatic rings. The minimum atomic E-state index is -3.39. The Bertz CT molecular complexity index is 1450. The Morgan fingerprint density at radius 3 is 2.69 bits per heavy atom. The minimum Gasteiger partial charge on any atom is -0.378 e. The number of ether oxygens (including phenoxy) is 1. The molecule has 1 saturated heterocycles. The van der Waals surface area contributed by atoms with Gasteiger partial charge in [-0.2, -0.15) is 0 Å². The number of anilines is 1. The Morgan fingerprint density at radius 2 is 2.00 bits per heavy atom. The second kappa shape index (κ2) is 11.3. The van der Waals surface area contributed by atoms with Gasteiger partial charge in [0, 0.05) is 23.2 Å². The number of nitrogens with zero attached hydrogens (tertiary/aromatic N) is 1. The predicted octanol–water partition coefficient (Wildman–Crippen LogP) is 5.55. The van der Waals surface area contributed by atoms with Crippen LogP contribution < -0.4 is 10.0 Å². The molecular weight excluding hydrogens is 530 g/mol. The molecule has 0 unspecified atom stereocenters. The van der Waals surface area contributed by atoms with E-state index in [1.807, 2.05) is 24.3 Å². The molecule has 0 bridgehead atoms. The first-order valence-electron chi connectivity index (χ1n) is 13.8. The standard InChI is InChI=1S/C30H39N3O4S2/c1-30(2,3)23-8-9-26-21(13-23)12-22-16-28(38-29(22)32-26)27(34)15-20(10-11-31-25-17-37-18-25)19-6-5-7-24(14-19)33-39(4,35)36/h5-7,12,14,16,20,23,25,31,33H,8-11,13,15,17-18H2,1-4H3/t20-,23-/m0/s1. The molecule has 0 radical (unpaired) electrons. The number of hydrogen-bond acceptors (Lipinski definition) is 7. The molecule has 39 heavy (non-hydrogen) atoms. The van der Waals surface area contributed by atoms with Crippen LogP contribution in [0.2, 0.25) is 0 Å². The molecule has 0 saturated carbocycles. The molecule has 2 aliphatic rings. The predicted molar refractivity (Wildman–Crippen MR) is 158 cm³/mol. The number of rotatable bonds is 10. The summed E-state index contributed by atoms with van der Waals surface area (Å²) in [6.07, 6.45) is 5.44. The summed E-state index contributed by atoms with van der Waals surface area (Å²) in [6.45, 7) is 9.13. The van der Waals surface area contributed by atoms with E-state index in [4.69, 9.17) is 9.72 Å². The lowest BCUT2D eigenvalue weighted by atomic mass is 9.71. The lowest BCUT2D eigenvalue weighted by molar-refractivity contribution is -0.00511. The van der Waals surface area contributed by atoms with Crippen LogP contribution in [0.3, 0.4) is 0 Å². The second-order valence-corrected chi connectivity index (χ2v) is 15.0. The number of thiophene rings is 1. The van der Waals surface area contributed by atoms with E-state index >= 15 is 0 Å². The van der Waals surface area contributed by atoms with Gasteiger partial charge in [-0.05, 0) is 84.9 Å². The van der Waals surface area contributed by atoms with Crippen molar-refractivity contribution < 1.29 is 17.9 Å². The van der Waals surface area contributed by atoms with Crippen molar-refractivity contribution in [2.75, 3.05) is 30.7 Å². The van der Waals surface area contributed by atoms with Crippen LogP contribution in [-0.4, -0.2) is 51.2 Å². The molecule has 3 heterocycles. The van der Waals surface area contributed by atoms with Crippen molar-refractivity contribution in [3.8, 4) is 0 Å². The van der Waals surface area contributed by atoms with Crippen LogP contribution in [0.4, 0.5) is 5.69 Å². The lowest BCUT2D eigenvalue weighted by Gasteiger charge is -2.34. The van der Waals surface area contributed by atoms with Crippen molar-refractivity contribution in [1.82, 2.24) is 10.3 Å². The average molecular weight is 570 g/mol.